The molecule has 7 nitrogen and oxygen atoms in total. The molecular weight excluding hydrogens is 388 g/mol. The number of aromatic nitrogens is 3. The zero-order valence-corrected chi connectivity index (χ0v) is 18.4. The average molecular weight is 421 g/mol. The highest BCUT2D eigenvalue weighted by Crippen LogP contribution is 2.13. The van der Waals surface area contributed by atoms with Crippen molar-refractivity contribution in [3.8, 4) is 0 Å². The molecule has 0 saturated carbocycles. The number of guanidine groups is 1. The molecule has 0 bridgehead atoms. The first-order valence-electron chi connectivity index (χ1n) is 10.9. The van der Waals surface area contributed by atoms with E-state index in [1.54, 1.807) is 6.33 Å². The Kier molecular flexibility index (Phi) is 9.07. The van der Waals surface area contributed by atoms with Gasteiger partial charge in [0.05, 0.1) is 19.8 Å². The number of hydrogen-bond donors (Lipinski definition) is 2. The van der Waals surface area contributed by atoms with Crippen molar-refractivity contribution < 1.29 is 4.74 Å². The van der Waals surface area contributed by atoms with Gasteiger partial charge in [-0.25, -0.2) is 4.99 Å². The fourth-order valence-electron chi connectivity index (χ4n) is 3.25. The number of ether oxygens (including phenoxy) is 1. The average Bonchev–Trinajstić information content (AvgIpc) is 3.26. The molecule has 1 heterocycles. The predicted octanol–water partition coefficient (Wildman–Crippen LogP) is 3.31. The van der Waals surface area contributed by atoms with Gasteiger partial charge in [0.25, 0.3) is 0 Å². The first-order valence-corrected chi connectivity index (χ1v) is 10.9. The molecule has 2 aromatic carbocycles. The van der Waals surface area contributed by atoms with E-state index in [1.165, 1.54) is 11.1 Å². The lowest BCUT2D eigenvalue weighted by Crippen LogP contribution is -2.39. The van der Waals surface area contributed by atoms with Crippen LogP contribution in [0.15, 0.2) is 65.9 Å². The highest BCUT2D eigenvalue weighted by molar-refractivity contribution is 5.79. The van der Waals surface area contributed by atoms with Gasteiger partial charge in [0.2, 0.25) is 0 Å². The molecule has 3 rings (SSSR count). The second kappa shape index (κ2) is 12.5. The molecular formula is C24H32N6O. The van der Waals surface area contributed by atoms with Gasteiger partial charge >= 0.3 is 0 Å². The van der Waals surface area contributed by atoms with Crippen molar-refractivity contribution in [3.05, 3.63) is 83.4 Å². The second-order valence-corrected chi connectivity index (χ2v) is 7.16. The Hall–Kier alpha value is -3.19. The van der Waals surface area contributed by atoms with Crippen molar-refractivity contribution in [2.45, 2.75) is 46.6 Å². The second-order valence-electron chi connectivity index (χ2n) is 7.16. The molecule has 0 spiro atoms. The lowest BCUT2D eigenvalue weighted by Gasteiger charge is -2.13. The first kappa shape index (κ1) is 22.5. The Morgan fingerprint density at radius 2 is 1.74 bits per heavy atom. The predicted molar refractivity (Wildman–Crippen MR) is 124 cm³/mol. The summed E-state index contributed by atoms with van der Waals surface area (Å²) in [6.07, 6.45) is 2.65. The van der Waals surface area contributed by atoms with E-state index in [0.717, 1.165) is 43.4 Å². The van der Waals surface area contributed by atoms with Crippen LogP contribution in [0.1, 0.15) is 36.4 Å². The molecule has 0 aliphatic carbocycles. The fourth-order valence-corrected chi connectivity index (χ4v) is 3.25. The van der Waals surface area contributed by atoms with E-state index >= 15 is 0 Å². The normalized spacial score (nSPS) is 11.5. The molecule has 0 saturated heterocycles. The largest absolute Gasteiger partial charge is 0.372 e. The lowest BCUT2D eigenvalue weighted by atomic mass is 10.1. The van der Waals surface area contributed by atoms with Gasteiger partial charge in [-0.05, 0) is 23.6 Å². The quantitative estimate of drug-likeness (QED) is 0.368. The van der Waals surface area contributed by atoms with Gasteiger partial charge in [-0.3, -0.25) is 0 Å². The smallest absolute Gasteiger partial charge is 0.191 e. The third-order valence-electron chi connectivity index (χ3n) is 4.90. The van der Waals surface area contributed by atoms with Crippen molar-refractivity contribution in [1.82, 2.24) is 25.4 Å². The molecule has 0 aliphatic heterocycles. The maximum absolute atomic E-state index is 5.93. The molecule has 7 heteroatoms. The van der Waals surface area contributed by atoms with E-state index in [1.807, 2.05) is 30.3 Å². The molecule has 0 aliphatic rings. The van der Waals surface area contributed by atoms with Crippen molar-refractivity contribution in [2.75, 3.05) is 13.1 Å². The summed E-state index contributed by atoms with van der Waals surface area (Å²) in [4.78, 5) is 4.77. The summed E-state index contributed by atoms with van der Waals surface area (Å²) in [6, 6.07) is 18.5. The van der Waals surface area contributed by atoms with Gasteiger partial charge < -0.3 is 19.9 Å². The van der Waals surface area contributed by atoms with Crippen LogP contribution in [0.3, 0.4) is 0 Å². The summed E-state index contributed by atoms with van der Waals surface area (Å²) < 4.78 is 8.00. The van der Waals surface area contributed by atoms with E-state index in [4.69, 9.17) is 9.73 Å². The SMILES string of the molecule is CCNC(=NCc1ccccc1COCc1ccccc1)NCCn1cnnc1CC. The number of rotatable bonds is 11. The van der Waals surface area contributed by atoms with E-state index in [-0.39, 0.29) is 0 Å². The number of aliphatic imine (C=N–C) groups is 1. The summed E-state index contributed by atoms with van der Waals surface area (Å²) in [5.74, 6) is 1.79. The fraction of sp³-hybridized carbons (Fsp3) is 0.375. The van der Waals surface area contributed by atoms with Crippen LogP contribution in [0.2, 0.25) is 0 Å². The highest BCUT2D eigenvalue weighted by atomic mass is 16.5. The number of hydrogen-bond acceptors (Lipinski definition) is 4. The molecule has 0 amide bonds. The number of nitrogens with one attached hydrogen (secondary N) is 2. The molecule has 1 aromatic heterocycles. The minimum atomic E-state index is 0.567. The minimum absolute atomic E-state index is 0.567. The molecule has 0 atom stereocenters. The van der Waals surface area contributed by atoms with Gasteiger partial charge in [-0.2, -0.15) is 0 Å². The van der Waals surface area contributed by atoms with Crippen LogP contribution in [0.5, 0.6) is 0 Å². The number of benzene rings is 2. The zero-order chi connectivity index (χ0) is 21.7. The van der Waals surface area contributed by atoms with Gasteiger partial charge in [0.1, 0.15) is 12.2 Å². The van der Waals surface area contributed by atoms with Crippen LogP contribution < -0.4 is 10.6 Å². The Balaban J connectivity index is 1.54. The molecule has 31 heavy (non-hydrogen) atoms. The summed E-state index contributed by atoms with van der Waals surface area (Å²) in [7, 11) is 0. The maximum Gasteiger partial charge on any atom is 0.191 e. The Morgan fingerprint density at radius 1 is 0.968 bits per heavy atom. The monoisotopic (exact) mass is 420 g/mol. The van der Waals surface area contributed by atoms with Crippen LogP contribution >= 0.6 is 0 Å². The van der Waals surface area contributed by atoms with E-state index in [2.05, 4.69) is 63.5 Å². The number of aryl methyl sites for hydroxylation is 1. The van der Waals surface area contributed by atoms with Gasteiger partial charge in [-0.1, -0.05) is 61.5 Å². The molecule has 0 fully saturated rings. The molecule has 164 valence electrons. The number of nitrogens with zero attached hydrogens (tertiary/aromatic N) is 4. The van der Waals surface area contributed by atoms with Crippen molar-refractivity contribution in [2.24, 2.45) is 4.99 Å². The van der Waals surface area contributed by atoms with E-state index in [0.29, 0.717) is 19.8 Å². The molecule has 2 N–H and O–H groups in total. The van der Waals surface area contributed by atoms with Crippen LogP contribution in [-0.2, 0) is 37.5 Å². The van der Waals surface area contributed by atoms with Gasteiger partial charge in [0, 0.05) is 26.1 Å². The summed E-state index contributed by atoms with van der Waals surface area (Å²) in [5.41, 5.74) is 3.51. The van der Waals surface area contributed by atoms with Crippen LogP contribution in [0.4, 0.5) is 0 Å². The van der Waals surface area contributed by atoms with Crippen molar-refractivity contribution >= 4 is 5.96 Å². The Bertz CT molecular complexity index is 938. The third-order valence-corrected chi connectivity index (χ3v) is 4.90. The summed E-state index contributed by atoms with van der Waals surface area (Å²) in [6.45, 7) is 8.26. The van der Waals surface area contributed by atoms with Crippen LogP contribution in [0.25, 0.3) is 0 Å². The molecule has 0 unspecified atom stereocenters. The van der Waals surface area contributed by atoms with E-state index < -0.39 is 0 Å². The third kappa shape index (κ3) is 7.22. The lowest BCUT2D eigenvalue weighted by molar-refractivity contribution is 0.106. The van der Waals surface area contributed by atoms with Gasteiger partial charge in [-0.15, -0.1) is 10.2 Å². The maximum atomic E-state index is 5.93. The summed E-state index contributed by atoms with van der Waals surface area (Å²) in [5, 5.41) is 14.8. The van der Waals surface area contributed by atoms with Crippen LogP contribution in [0, 0.1) is 0 Å². The van der Waals surface area contributed by atoms with Crippen molar-refractivity contribution in [3.63, 3.8) is 0 Å². The summed E-state index contributed by atoms with van der Waals surface area (Å²) >= 11 is 0. The topological polar surface area (TPSA) is 76.4 Å². The Labute approximate surface area is 184 Å². The van der Waals surface area contributed by atoms with E-state index in [9.17, 15) is 0 Å². The van der Waals surface area contributed by atoms with Crippen molar-refractivity contribution in [1.29, 1.82) is 0 Å². The highest BCUT2D eigenvalue weighted by Gasteiger charge is 2.05. The molecule has 0 radical (unpaired) electrons. The first-order chi connectivity index (χ1) is 15.3. The van der Waals surface area contributed by atoms with Crippen LogP contribution in [-0.4, -0.2) is 33.8 Å². The minimum Gasteiger partial charge on any atom is -0.372 e. The van der Waals surface area contributed by atoms with Gasteiger partial charge in [0.15, 0.2) is 5.96 Å². The Morgan fingerprint density at radius 3 is 2.52 bits per heavy atom. The molecule has 3 aromatic rings. The standard InChI is InChI=1S/C24H32N6O/c1-3-23-29-28-19-30(23)15-14-26-24(25-4-2)27-16-21-12-8-9-13-22(21)18-31-17-20-10-6-5-7-11-20/h5-13,19H,3-4,14-18H2,1-2H3,(H2,25,26,27). The zero-order valence-electron chi connectivity index (χ0n) is 18.4.